The van der Waals surface area contributed by atoms with Gasteiger partial charge in [0.05, 0.1) is 11.5 Å². The fourth-order valence-electron chi connectivity index (χ4n) is 3.03. The van der Waals surface area contributed by atoms with Crippen LogP contribution < -0.4 is 0 Å². The summed E-state index contributed by atoms with van der Waals surface area (Å²) in [5.41, 5.74) is 2.92. The Morgan fingerprint density at radius 2 is 2.00 bits per heavy atom. The highest BCUT2D eigenvalue weighted by Crippen LogP contribution is 2.41. The predicted molar refractivity (Wildman–Crippen MR) is 67.3 cm³/mol. The molecule has 1 aliphatic carbocycles. The summed E-state index contributed by atoms with van der Waals surface area (Å²) in [6.45, 7) is 3.11. The van der Waals surface area contributed by atoms with Gasteiger partial charge in [-0.15, -0.1) is 0 Å². The summed E-state index contributed by atoms with van der Waals surface area (Å²) in [5.74, 6) is 0. The van der Waals surface area contributed by atoms with Crippen LogP contribution in [-0.2, 0) is 13.0 Å². The van der Waals surface area contributed by atoms with Gasteiger partial charge >= 0.3 is 0 Å². The average molecular weight is 226 g/mol. The smallest absolute Gasteiger partial charge is 0.0703 e. The molecule has 2 aliphatic rings. The molecule has 1 fully saturated rings. The maximum absolute atomic E-state index is 9.29. The lowest BCUT2D eigenvalue weighted by atomic mass is 9.69. The molecular weight excluding hydrogens is 208 g/mol. The average Bonchev–Trinajstić information content (AvgIpc) is 2.34. The van der Waals surface area contributed by atoms with Crippen LogP contribution in [0.15, 0.2) is 24.3 Å². The second-order valence-corrected chi connectivity index (χ2v) is 5.48. The van der Waals surface area contributed by atoms with Gasteiger partial charge < -0.3 is 0 Å². The Bertz CT molecular complexity index is 454. The van der Waals surface area contributed by atoms with E-state index >= 15 is 0 Å². The lowest BCUT2D eigenvalue weighted by Crippen LogP contribution is -2.43. The van der Waals surface area contributed by atoms with Crippen molar-refractivity contribution in [3.05, 3.63) is 35.4 Å². The highest BCUT2D eigenvalue weighted by molar-refractivity contribution is 5.29. The van der Waals surface area contributed by atoms with E-state index in [1.807, 2.05) is 0 Å². The van der Waals surface area contributed by atoms with Crippen LogP contribution >= 0.6 is 0 Å². The standard InChI is InChI=1S/C15H18N2/c16-11-15(7-3-8-15)12-17-9-6-13-4-1-2-5-14(13)10-17/h1-2,4-5H,3,6-10,12H2. The monoisotopic (exact) mass is 226 g/mol. The minimum atomic E-state index is -0.0215. The molecule has 2 nitrogen and oxygen atoms in total. The van der Waals surface area contributed by atoms with E-state index in [2.05, 4.69) is 35.2 Å². The van der Waals surface area contributed by atoms with Crippen LogP contribution in [0.3, 0.4) is 0 Å². The molecule has 17 heavy (non-hydrogen) atoms. The Balaban J connectivity index is 1.70. The van der Waals surface area contributed by atoms with E-state index in [1.165, 1.54) is 17.5 Å². The van der Waals surface area contributed by atoms with E-state index in [0.29, 0.717) is 0 Å². The zero-order valence-corrected chi connectivity index (χ0v) is 10.2. The summed E-state index contributed by atoms with van der Waals surface area (Å²) in [7, 11) is 0. The highest BCUT2D eigenvalue weighted by atomic mass is 15.1. The molecule has 1 heterocycles. The number of benzene rings is 1. The lowest BCUT2D eigenvalue weighted by molar-refractivity contribution is 0.111. The summed E-state index contributed by atoms with van der Waals surface area (Å²) in [5, 5.41) is 9.29. The van der Waals surface area contributed by atoms with Crippen LogP contribution in [-0.4, -0.2) is 18.0 Å². The molecule has 88 valence electrons. The van der Waals surface area contributed by atoms with E-state index in [4.69, 9.17) is 0 Å². The molecule has 1 aromatic carbocycles. The third-order valence-electron chi connectivity index (χ3n) is 4.28. The first-order valence-electron chi connectivity index (χ1n) is 6.52. The van der Waals surface area contributed by atoms with Crippen molar-refractivity contribution in [1.82, 2.24) is 4.90 Å². The third kappa shape index (κ3) is 1.96. The number of nitriles is 1. The zero-order valence-electron chi connectivity index (χ0n) is 10.2. The topological polar surface area (TPSA) is 27.0 Å². The first-order chi connectivity index (χ1) is 8.31. The Hall–Kier alpha value is -1.33. The third-order valence-corrected chi connectivity index (χ3v) is 4.28. The van der Waals surface area contributed by atoms with E-state index in [1.54, 1.807) is 0 Å². The second kappa shape index (κ2) is 4.16. The highest BCUT2D eigenvalue weighted by Gasteiger charge is 2.39. The summed E-state index contributed by atoms with van der Waals surface area (Å²) in [6.07, 6.45) is 4.57. The van der Waals surface area contributed by atoms with Gasteiger partial charge in [-0.05, 0) is 30.4 Å². The van der Waals surface area contributed by atoms with Gasteiger partial charge in [0.25, 0.3) is 0 Å². The van der Waals surface area contributed by atoms with Crippen molar-refractivity contribution in [1.29, 1.82) is 5.26 Å². The minimum absolute atomic E-state index is 0.0215. The van der Waals surface area contributed by atoms with Gasteiger partial charge in [0, 0.05) is 19.6 Å². The normalized spacial score (nSPS) is 22.3. The molecule has 0 unspecified atom stereocenters. The Morgan fingerprint density at radius 3 is 2.65 bits per heavy atom. The predicted octanol–water partition coefficient (Wildman–Crippen LogP) is 2.74. The summed E-state index contributed by atoms with van der Waals surface area (Å²) in [4.78, 5) is 2.46. The van der Waals surface area contributed by atoms with Gasteiger partial charge in [0.1, 0.15) is 0 Å². The molecule has 2 heteroatoms. The van der Waals surface area contributed by atoms with Crippen LogP contribution in [0.25, 0.3) is 0 Å². The fourth-order valence-corrected chi connectivity index (χ4v) is 3.03. The van der Waals surface area contributed by atoms with Crippen LogP contribution in [0.5, 0.6) is 0 Å². The van der Waals surface area contributed by atoms with Crippen molar-refractivity contribution in [2.45, 2.75) is 32.2 Å². The van der Waals surface area contributed by atoms with Crippen molar-refractivity contribution in [3.63, 3.8) is 0 Å². The molecule has 0 aromatic heterocycles. The maximum atomic E-state index is 9.29. The molecule has 1 aromatic rings. The fraction of sp³-hybridized carbons (Fsp3) is 0.533. The molecule has 0 N–H and O–H groups in total. The van der Waals surface area contributed by atoms with Crippen LogP contribution in [0.4, 0.5) is 0 Å². The molecule has 0 spiro atoms. The number of hydrogen-bond donors (Lipinski definition) is 0. The molecule has 0 amide bonds. The molecule has 0 bridgehead atoms. The van der Waals surface area contributed by atoms with E-state index in [-0.39, 0.29) is 5.41 Å². The Labute approximate surface area is 103 Å². The molecule has 0 saturated heterocycles. The number of hydrogen-bond acceptors (Lipinski definition) is 2. The Morgan fingerprint density at radius 1 is 1.24 bits per heavy atom. The largest absolute Gasteiger partial charge is 0.297 e. The molecule has 0 radical (unpaired) electrons. The van der Waals surface area contributed by atoms with Gasteiger partial charge in [0.15, 0.2) is 0 Å². The zero-order chi connectivity index (χ0) is 11.7. The number of fused-ring (bicyclic) bond motifs is 1. The summed E-state index contributed by atoms with van der Waals surface area (Å²) in [6, 6.07) is 11.2. The maximum Gasteiger partial charge on any atom is 0.0703 e. The molecule has 1 aliphatic heterocycles. The summed E-state index contributed by atoms with van der Waals surface area (Å²) < 4.78 is 0. The van der Waals surface area contributed by atoms with E-state index in [0.717, 1.165) is 38.9 Å². The van der Waals surface area contributed by atoms with Crippen LogP contribution in [0, 0.1) is 16.7 Å². The number of nitrogens with zero attached hydrogens (tertiary/aromatic N) is 2. The molecular formula is C15H18N2. The van der Waals surface area contributed by atoms with Gasteiger partial charge in [-0.2, -0.15) is 5.26 Å². The Kier molecular flexibility index (Phi) is 2.64. The molecule has 0 atom stereocenters. The van der Waals surface area contributed by atoms with E-state index in [9.17, 15) is 5.26 Å². The van der Waals surface area contributed by atoms with Gasteiger partial charge in [-0.3, -0.25) is 4.90 Å². The quantitative estimate of drug-likeness (QED) is 0.775. The van der Waals surface area contributed by atoms with Crippen LogP contribution in [0.1, 0.15) is 30.4 Å². The van der Waals surface area contributed by atoms with Gasteiger partial charge in [-0.1, -0.05) is 30.7 Å². The summed E-state index contributed by atoms with van der Waals surface area (Å²) >= 11 is 0. The van der Waals surface area contributed by atoms with Crippen LogP contribution in [0.2, 0.25) is 0 Å². The van der Waals surface area contributed by atoms with E-state index < -0.39 is 0 Å². The second-order valence-electron chi connectivity index (χ2n) is 5.48. The van der Waals surface area contributed by atoms with Crippen molar-refractivity contribution in [3.8, 4) is 6.07 Å². The van der Waals surface area contributed by atoms with Gasteiger partial charge in [0.2, 0.25) is 0 Å². The van der Waals surface area contributed by atoms with Crippen molar-refractivity contribution < 1.29 is 0 Å². The molecule has 1 saturated carbocycles. The van der Waals surface area contributed by atoms with Gasteiger partial charge in [-0.25, -0.2) is 0 Å². The SMILES string of the molecule is N#CC1(CN2CCc3ccccc3C2)CCC1. The van der Waals surface area contributed by atoms with Crippen molar-refractivity contribution in [2.24, 2.45) is 5.41 Å². The number of rotatable bonds is 2. The minimum Gasteiger partial charge on any atom is -0.297 e. The lowest BCUT2D eigenvalue weighted by Gasteiger charge is -2.41. The van der Waals surface area contributed by atoms with Crippen molar-refractivity contribution in [2.75, 3.05) is 13.1 Å². The first-order valence-corrected chi connectivity index (χ1v) is 6.52. The first kappa shape index (κ1) is 10.8. The van der Waals surface area contributed by atoms with Crippen molar-refractivity contribution >= 4 is 0 Å². The molecule has 3 rings (SSSR count).